The van der Waals surface area contributed by atoms with E-state index in [2.05, 4.69) is 0 Å². The summed E-state index contributed by atoms with van der Waals surface area (Å²) in [6, 6.07) is 3.50. The number of halogens is 1. The van der Waals surface area contributed by atoms with Crippen LogP contribution in [0, 0.1) is 0 Å². The van der Waals surface area contributed by atoms with Gasteiger partial charge in [0.2, 0.25) is 0 Å². The van der Waals surface area contributed by atoms with E-state index >= 15 is 0 Å². The molecule has 3 heteroatoms. The van der Waals surface area contributed by atoms with Gasteiger partial charge in [0.15, 0.2) is 6.29 Å². The molecule has 0 radical (unpaired) electrons. The summed E-state index contributed by atoms with van der Waals surface area (Å²) in [5, 5.41) is 0. The van der Waals surface area contributed by atoms with Gasteiger partial charge >= 0.3 is 0 Å². The van der Waals surface area contributed by atoms with Gasteiger partial charge in [0, 0.05) is 11.3 Å². The first kappa shape index (κ1) is 7.41. The lowest BCUT2D eigenvalue weighted by atomic mass is 10.4. The largest absolute Gasteiger partial charge is 0.297 e. The van der Waals surface area contributed by atoms with Crippen LogP contribution in [0.15, 0.2) is 12.1 Å². The summed E-state index contributed by atoms with van der Waals surface area (Å²) in [5.74, 6) is 0. The van der Waals surface area contributed by atoms with Crippen molar-refractivity contribution in [3.63, 3.8) is 0 Å². The lowest BCUT2D eigenvalue weighted by molar-refractivity contribution is 0.112. The van der Waals surface area contributed by atoms with Gasteiger partial charge in [-0.25, -0.2) is 0 Å². The smallest absolute Gasteiger partial charge is 0.160 e. The number of aldehydes is 1. The summed E-state index contributed by atoms with van der Waals surface area (Å²) in [4.78, 5) is 11.7. The van der Waals surface area contributed by atoms with Crippen LogP contribution in [0.25, 0.3) is 0 Å². The third-order valence-electron chi connectivity index (χ3n) is 1.14. The molecule has 0 saturated carbocycles. The molecule has 0 aliphatic rings. The minimum atomic E-state index is -0.348. The van der Waals surface area contributed by atoms with E-state index in [9.17, 15) is 9.18 Å². The van der Waals surface area contributed by atoms with E-state index < -0.39 is 0 Å². The van der Waals surface area contributed by atoms with Gasteiger partial charge in [0.25, 0.3) is 0 Å². The molecule has 10 heavy (non-hydrogen) atoms. The van der Waals surface area contributed by atoms with Crippen molar-refractivity contribution in [2.45, 2.75) is 6.42 Å². The third-order valence-corrected chi connectivity index (χ3v) is 2.21. The minimum absolute atomic E-state index is 0.348. The van der Waals surface area contributed by atoms with E-state index in [0.717, 1.165) is 11.2 Å². The molecule has 0 unspecified atom stereocenters. The highest BCUT2D eigenvalue weighted by molar-refractivity contribution is 7.13. The van der Waals surface area contributed by atoms with Gasteiger partial charge in [-0.3, -0.25) is 9.18 Å². The molecule has 54 valence electrons. The lowest BCUT2D eigenvalue weighted by Gasteiger charge is -1.84. The van der Waals surface area contributed by atoms with Crippen molar-refractivity contribution in [2.75, 3.05) is 6.67 Å². The van der Waals surface area contributed by atoms with Gasteiger partial charge in [0.05, 0.1) is 11.6 Å². The van der Waals surface area contributed by atoms with Crippen LogP contribution in [0.4, 0.5) is 4.39 Å². The number of hydrogen-bond acceptors (Lipinski definition) is 2. The predicted octanol–water partition coefficient (Wildman–Crippen LogP) is 2.07. The number of carbonyl (C=O) groups is 1. The zero-order chi connectivity index (χ0) is 7.40. The molecule has 1 heterocycles. The molecule has 0 aromatic carbocycles. The van der Waals surface area contributed by atoms with Crippen LogP contribution in [0.2, 0.25) is 0 Å². The van der Waals surface area contributed by atoms with Crippen molar-refractivity contribution in [3.8, 4) is 0 Å². The second-order valence-corrected chi connectivity index (χ2v) is 3.06. The summed E-state index contributed by atoms with van der Waals surface area (Å²) in [6.07, 6.45) is 1.21. The number of thiophene rings is 1. The van der Waals surface area contributed by atoms with Gasteiger partial charge in [-0.05, 0) is 12.1 Å². The van der Waals surface area contributed by atoms with E-state index in [1.54, 1.807) is 12.1 Å². The number of carbonyl (C=O) groups excluding carboxylic acids is 1. The molecule has 0 aliphatic heterocycles. The molecular weight excluding hydrogens is 151 g/mol. The quantitative estimate of drug-likeness (QED) is 0.615. The highest BCUT2D eigenvalue weighted by atomic mass is 32.1. The Morgan fingerprint density at radius 3 is 2.90 bits per heavy atom. The Hall–Kier alpha value is -0.700. The first-order chi connectivity index (χ1) is 4.86. The van der Waals surface area contributed by atoms with E-state index in [1.165, 1.54) is 11.3 Å². The topological polar surface area (TPSA) is 17.1 Å². The summed E-state index contributed by atoms with van der Waals surface area (Å²) in [6.45, 7) is -0.348. The molecule has 0 spiro atoms. The standard InChI is InChI=1S/C7H7FOS/c8-4-3-6-1-2-7(5-9)10-6/h1-2,5H,3-4H2. The maximum Gasteiger partial charge on any atom is 0.160 e. The number of hydrogen-bond donors (Lipinski definition) is 0. The predicted molar refractivity (Wildman–Crippen MR) is 39.4 cm³/mol. The fraction of sp³-hybridized carbons (Fsp3) is 0.286. The van der Waals surface area contributed by atoms with Crippen molar-refractivity contribution >= 4 is 17.6 Å². The Morgan fingerprint density at radius 2 is 2.40 bits per heavy atom. The van der Waals surface area contributed by atoms with Crippen molar-refractivity contribution in [1.82, 2.24) is 0 Å². The number of alkyl halides is 1. The monoisotopic (exact) mass is 158 g/mol. The Balaban J connectivity index is 2.68. The van der Waals surface area contributed by atoms with Crippen LogP contribution < -0.4 is 0 Å². The van der Waals surface area contributed by atoms with Crippen LogP contribution in [-0.2, 0) is 6.42 Å². The average molecular weight is 158 g/mol. The van der Waals surface area contributed by atoms with Crippen LogP contribution in [0.1, 0.15) is 14.5 Å². The highest BCUT2D eigenvalue weighted by Crippen LogP contribution is 2.14. The van der Waals surface area contributed by atoms with Crippen LogP contribution in [0.5, 0.6) is 0 Å². The molecule has 0 atom stereocenters. The zero-order valence-electron chi connectivity index (χ0n) is 5.34. The Bertz CT molecular complexity index is 219. The van der Waals surface area contributed by atoms with Gasteiger partial charge in [-0.1, -0.05) is 0 Å². The molecule has 0 N–H and O–H groups in total. The lowest BCUT2D eigenvalue weighted by Crippen LogP contribution is -1.78. The molecule has 0 aliphatic carbocycles. The highest BCUT2D eigenvalue weighted by Gasteiger charge is 1.96. The molecule has 1 nitrogen and oxygen atoms in total. The second-order valence-electron chi connectivity index (χ2n) is 1.86. The number of rotatable bonds is 3. The zero-order valence-corrected chi connectivity index (χ0v) is 6.16. The molecule has 1 aromatic heterocycles. The van der Waals surface area contributed by atoms with Gasteiger partial charge in [-0.15, -0.1) is 11.3 Å². The van der Waals surface area contributed by atoms with Crippen LogP contribution >= 0.6 is 11.3 Å². The average Bonchev–Trinajstić information content (AvgIpc) is 2.37. The second kappa shape index (κ2) is 3.46. The third kappa shape index (κ3) is 1.64. The van der Waals surface area contributed by atoms with E-state index in [-0.39, 0.29) is 6.67 Å². The van der Waals surface area contributed by atoms with E-state index in [4.69, 9.17) is 0 Å². The number of aryl methyl sites for hydroxylation is 1. The molecule has 0 bridgehead atoms. The van der Waals surface area contributed by atoms with Crippen molar-refractivity contribution in [3.05, 3.63) is 21.9 Å². The van der Waals surface area contributed by atoms with Crippen molar-refractivity contribution in [1.29, 1.82) is 0 Å². The van der Waals surface area contributed by atoms with Gasteiger partial charge < -0.3 is 0 Å². The fourth-order valence-corrected chi connectivity index (χ4v) is 1.49. The summed E-state index contributed by atoms with van der Waals surface area (Å²) >= 11 is 1.35. The first-order valence-electron chi connectivity index (χ1n) is 2.96. The van der Waals surface area contributed by atoms with Crippen LogP contribution in [-0.4, -0.2) is 13.0 Å². The van der Waals surface area contributed by atoms with E-state index in [1.807, 2.05) is 0 Å². The van der Waals surface area contributed by atoms with Crippen LogP contribution in [0.3, 0.4) is 0 Å². The van der Waals surface area contributed by atoms with Gasteiger partial charge in [0.1, 0.15) is 0 Å². The maximum absolute atomic E-state index is 11.7. The van der Waals surface area contributed by atoms with Crippen molar-refractivity contribution in [2.24, 2.45) is 0 Å². The Kier molecular flexibility index (Phi) is 2.57. The summed E-state index contributed by atoms with van der Waals surface area (Å²) in [5.41, 5.74) is 0. The molecule has 0 fully saturated rings. The maximum atomic E-state index is 11.7. The fourth-order valence-electron chi connectivity index (χ4n) is 0.685. The molecule has 0 amide bonds. The molecule has 1 rings (SSSR count). The first-order valence-corrected chi connectivity index (χ1v) is 3.78. The Labute approximate surface area is 62.5 Å². The normalized spacial score (nSPS) is 9.70. The van der Waals surface area contributed by atoms with Crippen molar-refractivity contribution < 1.29 is 9.18 Å². The summed E-state index contributed by atoms with van der Waals surface area (Å²) < 4.78 is 11.7. The van der Waals surface area contributed by atoms with E-state index in [0.29, 0.717) is 11.3 Å². The summed E-state index contributed by atoms with van der Waals surface area (Å²) in [7, 11) is 0. The molecule has 1 aromatic rings. The van der Waals surface area contributed by atoms with Gasteiger partial charge in [-0.2, -0.15) is 0 Å². The molecule has 0 saturated heterocycles. The SMILES string of the molecule is O=Cc1ccc(CCF)s1. The molecular formula is C7H7FOS. The Morgan fingerprint density at radius 1 is 1.60 bits per heavy atom. The minimum Gasteiger partial charge on any atom is -0.297 e.